The quantitative estimate of drug-likeness (QED) is 0.455. The molecular formula is C25H27N3O5S2. The molecule has 1 aliphatic carbocycles. The van der Waals surface area contributed by atoms with Crippen molar-refractivity contribution in [2.75, 3.05) is 19.5 Å². The van der Waals surface area contributed by atoms with Crippen LogP contribution in [0.1, 0.15) is 52.8 Å². The van der Waals surface area contributed by atoms with Gasteiger partial charge in [-0.05, 0) is 49.2 Å². The van der Waals surface area contributed by atoms with Crippen molar-refractivity contribution in [3.05, 3.63) is 65.0 Å². The van der Waals surface area contributed by atoms with Crippen molar-refractivity contribution in [1.29, 1.82) is 0 Å². The van der Waals surface area contributed by atoms with Crippen molar-refractivity contribution in [1.82, 2.24) is 9.29 Å². The summed E-state index contributed by atoms with van der Waals surface area (Å²) < 4.78 is 32.2. The molecule has 3 aromatic rings. The maximum Gasteiger partial charge on any atom is 0.337 e. The summed E-state index contributed by atoms with van der Waals surface area (Å²) >= 11 is 1.27. The molecule has 10 heteroatoms. The van der Waals surface area contributed by atoms with E-state index in [9.17, 15) is 18.0 Å². The second-order valence-corrected chi connectivity index (χ2v) is 11.3. The highest BCUT2D eigenvalue weighted by Gasteiger charge is 2.29. The molecule has 1 N–H and O–H groups in total. The molecular weight excluding hydrogens is 486 g/mol. The minimum atomic E-state index is -3.62. The monoisotopic (exact) mass is 513 g/mol. The Hall–Kier alpha value is -3.08. The van der Waals surface area contributed by atoms with Crippen molar-refractivity contribution in [3.8, 4) is 11.3 Å². The largest absolute Gasteiger partial charge is 0.465 e. The van der Waals surface area contributed by atoms with Gasteiger partial charge in [0.05, 0.1) is 23.3 Å². The zero-order chi connectivity index (χ0) is 25.0. The Kier molecular flexibility index (Phi) is 7.63. The normalized spacial score (nSPS) is 14.6. The number of hydrogen-bond acceptors (Lipinski definition) is 7. The molecule has 0 saturated heterocycles. The third-order valence-electron chi connectivity index (χ3n) is 6.21. The minimum absolute atomic E-state index is 0.0208. The molecule has 184 valence electrons. The van der Waals surface area contributed by atoms with E-state index in [1.54, 1.807) is 36.7 Å². The first-order chi connectivity index (χ1) is 16.8. The van der Waals surface area contributed by atoms with E-state index >= 15 is 0 Å². The lowest BCUT2D eigenvalue weighted by molar-refractivity contribution is 0.0600. The van der Waals surface area contributed by atoms with Crippen LogP contribution in [0.15, 0.2) is 58.8 Å². The molecule has 1 saturated carbocycles. The molecule has 1 aromatic heterocycles. The lowest BCUT2D eigenvalue weighted by Gasteiger charge is -2.30. The molecule has 0 unspecified atom stereocenters. The fourth-order valence-corrected chi connectivity index (χ4v) is 6.24. The Bertz CT molecular complexity index is 1300. The van der Waals surface area contributed by atoms with Gasteiger partial charge in [0, 0.05) is 29.6 Å². The second kappa shape index (κ2) is 10.7. The van der Waals surface area contributed by atoms with Crippen LogP contribution in [0, 0.1) is 0 Å². The molecule has 1 heterocycles. The van der Waals surface area contributed by atoms with Crippen LogP contribution in [0.3, 0.4) is 0 Å². The van der Waals surface area contributed by atoms with E-state index in [0.29, 0.717) is 22.0 Å². The van der Waals surface area contributed by atoms with E-state index in [2.05, 4.69) is 10.3 Å². The van der Waals surface area contributed by atoms with E-state index in [4.69, 9.17) is 4.74 Å². The number of benzene rings is 2. The molecule has 1 amide bonds. The van der Waals surface area contributed by atoms with Crippen LogP contribution >= 0.6 is 11.3 Å². The van der Waals surface area contributed by atoms with Crippen LogP contribution in [-0.4, -0.2) is 49.8 Å². The van der Waals surface area contributed by atoms with Gasteiger partial charge >= 0.3 is 5.97 Å². The fourth-order valence-electron chi connectivity index (χ4n) is 4.11. The van der Waals surface area contributed by atoms with Gasteiger partial charge in [0.1, 0.15) is 0 Å². The molecule has 4 rings (SSSR count). The molecule has 1 aliphatic rings. The van der Waals surface area contributed by atoms with Gasteiger partial charge in [0.2, 0.25) is 10.0 Å². The molecule has 0 aliphatic heterocycles. The number of rotatable bonds is 7. The third-order valence-corrected chi connectivity index (χ3v) is 8.89. The predicted octanol–water partition coefficient (Wildman–Crippen LogP) is 4.80. The summed E-state index contributed by atoms with van der Waals surface area (Å²) in [5.41, 5.74) is 2.24. The highest BCUT2D eigenvalue weighted by atomic mass is 32.2. The first-order valence-corrected chi connectivity index (χ1v) is 13.7. The van der Waals surface area contributed by atoms with Crippen molar-refractivity contribution < 1.29 is 22.7 Å². The minimum Gasteiger partial charge on any atom is -0.465 e. The molecule has 0 spiro atoms. The van der Waals surface area contributed by atoms with Crippen LogP contribution in [0.4, 0.5) is 5.13 Å². The molecule has 0 bridgehead atoms. The van der Waals surface area contributed by atoms with Crippen molar-refractivity contribution in [2.45, 2.75) is 43.0 Å². The van der Waals surface area contributed by atoms with Crippen LogP contribution < -0.4 is 5.32 Å². The zero-order valence-electron chi connectivity index (χ0n) is 19.6. The first-order valence-electron chi connectivity index (χ1n) is 11.3. The van der Waals surface area contributed by atoms with Crippen LogP contribution in [0.2, 0.25) is 0 Å². The number of methoxy groups -OCH3 is 1. The average molecular weight is 514 g/mol. The standard InChI is InChI=1S/C25H27N3O5S2/c1-28(20-6-4-3-5-7-20)35(31,32)21-14-12-18(13-15-21)23(29)27-25-26-22(16-34-25)17-8-10-19(11-9-17)24(30)33-2/h8-16,20H,3-7H2,1-2H3,(H,26,27,29). The van der Waals surface area contributed by atoms with Gasteiger partial charge < -0.3 is 4.74 Å². The summed E-state index contributed by atoms with van der Waals surface area (Å²) in [6.45, 7) is 0. The second-order valence-electron chi connectivity index (χ2n) is 8.40. The van der Waals surface area contributed by atoms with Gasteiger partial charge in [-0.3, -0.25) is 10.1 Å². The Morgan fingerprint density at radius 3 is 2.26 bits per heavy atom. The average Bonchev–Trinajstić information content (AvgIpc) is 3.36. The summed E-state index contributed by atoms with van der Waals surface area (Å²) in [6, 6.07) is 12.8. The number of nitrogens with one attached hydrogen (secondary N) is 1. The number of carbonyl (C=O) groups excluding carboxylic acids is 2. The maximum absolute atomic E-state index is 13.0. The van der Waals surface area contributed by atoms with E-state index in [0.717, 1.165) is 37.7 Å². The number of aromatic nitrogens is 1. The van der Waals surface area contributed by atoms with E-state index in [1.807, 2.05) is 0 Å². The predicted molar refractivity (Wildman–Crippen MR) is 135 cm³/mol. The summed E-state index contributed by atoms with van der Waals surface area (Å²) in [7, 11) is -0.654. The lowest BCUT2D eigenvalue weighted by atomic mass is 9.96. The summed E-state index contributed by atoms with van der Waals surface area (Å²) in [5, 5.41) is 4.97. The van der Waals surface area contributed by atoms with Crippen LogP contribution in [0.25, 0.3) is 11.3 Å². The Labute approximate surface area is 209 Å². The van der Waals surface area contributed by atoms with Crippen molar-refractivity contribution in [2.24, 2.45) is 0 Å². The maximum atomic E-state index is 13.0. The highest BCUT2D eigenvalue weighted by Crippen LogP contribution is 2.28. The third kappa shape index (κ3) is 5.61. The summed E-state index contributed by atoms with van der Waals surface area (Å²) in [4.78, 5) is 28.9. The topological polar surface area (TPSA) is 106 Å². The Morgan fingerprint density at radius 2 is 1.63 bits per heavy atom. The number of amides is 1. The van der Waals surface area contributed by atoms with E-state index in [1.165, 1.54) is 47.0 Å². The van der Waals surface area contributed by atoms with Crippen LogP contribution in [-0.2, 0) is 14.8 Å². The Morgan fingerprint density at radius 1 is 1.00 bits per heavy atom. The summed E-state index contributed by atoms with van der Waals surface area (Å²) in [5.74, 6) is -0.793. The van der Waals surface area contributed by atoms with Gasteiger partial charge in [0.15, 0.2) is 5.13 Å². The zero-order valence-corrected chi connectivity index (χ0v) is 21.2. The molecule has 35 heavy (non-hydrogen) atoms. The number of ether oxygens (including phenoxy) is 1. The molecule has 0 atom stereocenters. The van der Waals surface area contributed by atoms with Gasteiger partial charge in [-0.1, -0.05) is 31.4 Å². The van der Waals surface area contributed by atoms with E-state index in [-0.39, 0.29) is 16.8 Å². The molecule has 8 nitrogen and oxygen atoms in total. The SMILES string of the molecule is COC(=O)c1ccc(-c2csc(NC(=O)c3ccc(S(=O)(=O)N(C)C4CCCCC4)cc3)n2)cc1. The first kappa shape index (κ1) is 25.0. The van der Waals surface area contributed by atoms with Gasteiger partial charge in [0.25, 0.3) is 5.91 Å². The van der Waals surface area contributed by atoms with Crippen molar-refractivity contribution >= 4 is 38.4 Å². The van der Waals surface area contributed by atoms with E-state index < -0.39 is 16.0 Å². The number of nitrogens with zero attached hydrogens (tertiary/aromatic N) is 2. The number of esters is 1. The van der Waals surface area contributed by atoms with Gasteiger partial charge in [-0.15, -0.1) is 11.3 Å². The molecule has 0 radical (unpaired) electrons. The fraction of sp³-hybridized carbons (Fsp3) is 0.320. The molecule has 2 aromatic carbocycles. The van der Waals surface area contributed by atoms with Crippen LogP contribution in [0.5, 0.6) is 0 Å². The smallest absolute Gasteiger partial charge is 0.337 e. The van der Waals surface area contributed by atoms with Crippen molar-refractivity contribution in [3.63, 3.8) is 0 Å². The molecule has 1 fully saturated rings. The number of sulfonamides is 1. The van der Waals surface area contributed by atoms with Gasteiger partial charge in [-0.25, -0.2) is 18.2 Å². The Balaban J connectivity index is 1.42. The lowest BCUT2D eigenvalue weighted by Crippen LogP contribution is -2.38. The number of carbonyl (C=O) groups is 2. The number of hydrogen-bond donors (Lipinski definition) is 1. The highest BCUT2D eigenvalue weighted by molar-refractivity contribution is 7.89. The van der Waals surface area contributed by atoms with Gasteiger partial charge in [-0.2, -0.15) is 4.31 Å². The summed E-state index contributed by atoms with van der Waals surface area (Å²) in [6.07, 6.45) is 4.99. The number of anilines is 1. The number of thiazole rings is 1.